The fourth-order valence-corrected chi connectivity index (χ4v) is 2.61. The summed E-state index contributed by atoms with van der Waals surface area (Å²) in [4.78, 5) is 4.91. The Morgan fingerprint density at radius 1 is 1.17 bits per heavy atom. The fraction of sp³-hybridized carbons (Fsp3) is 0.600. The Labute approximate surface area is 111 Å². The SMILES string of the molecule is CCNC(C)c1ccccc1N1CCN(C)CC1. The van der Waals surface area contributed by atoms with Crippen molar-refractivity contribution < 1.29 is 0 Å². The van der Waals surface area contributed by atoms with Crippen molar-refractivity contribution in [2.45, 2.75) is 19.9 Å². The monoisotopic (exact) mass is 247 g/mol. The van der Waals surface area contributed by atoms with Gasteiger partial charge in [0.1, 0.15) is 0 Å². The van der Waals surface area contributed by atoms with Gasteiger partial charge in [-0.15, -0.1) is 0 Å². The maximum absolute atomic E-state index is 3.51. The molecule has 1 heterocycles. The molecule has 1 aliphatic heterocycles. The molecule has 1 atom stereocenters. The highest BCUT2D eigenvalue weighted by molar-refractivity contribution is 5.55. The molecule has 0 radical (unpaired) electrons. The average Bonchev–Trinajstić information content (AvgIpc) is 2.40. The largest absolute Gasteiger partial charge is 0.369 e. The van der Waals surface area contributed by atoms with E-state index in [2.05, 4.69) is 60.3 Å². The Morgan fingerprint density at radius 2 is 1.83 bits per heavy atom. The molecule has 0 amide bonds. The van der Waals surface area contributed by atoms with Gasteiger partial charge in [-0.3, -0.25) is 0 Å². The average molecular weight is 247 g/mol. The Morgan fingerprint density at radius 3 is 2.50 bits per heavy atom. The van der Waals surface area contributed by atoms with E-state index in [1.165, 1.54) is 11.3 Å². The normalized spacial score (nSPS) is 18.9. The maximum atomic E-state index is 3.51. The summed E-state index contributed by atoms with van der Waals surface area (Å²) < 4.78 is 0. The lowest BCUT2D eigenvalue weighted by atomic mass is 10.0. The van der Waals surface area contributed by atoms with E-state index in [-0.39, 0.29) is 0 Å². The molecule has 0 aliphatic carbocycles. The zero-order chi connectivity index (χ0) is 13.0. The Balaban J connectivity index is 2.16. The summed E-state index contributed by atoms with van der Waals surface area (Å²) in [6, 6.07) is 9.22. The van der Waals surface area contributed by atoms with Crippen LogP contribution in [0.5, 0.6) is 0 Å². The van der Waals surface area contributed by atoms with Gasteiger partial charge in [-0.1, -0.05) is 25.1 Å². The Kier molecular flexibility index (Phi) is 4.61. The van der Waals surface area contributed by atoms with Crippen molar-refractivity contribution in [3.8, 4) is 0 Å². The smallest absolute Gasteiger partial charge is 0.0415 e. The van der Waals surface area contributed by atoms with Crippen LogP contribution in [0.3, 0.4) is 0 Å². The van der Waals surface area contributed by atoms with E-state index < -0.39 is 0 Å². The second kappa shape index (κ2) is 6.21. The Hall–Kier alpha value is -1.06. The number of benzene rings is 1. The summed E-state index contributed by atoms with van der Waals surface area (Å²) in [6.45, 7) is 10.00. The van der Waals surface area contributed by atoms with E-state index in [0.717, 1.165) is 32.7 Å². The van der Waals surface area contributed by atoms with E-state index >= 15 is 0 Å². The van der Waals surface area contributed by atoms with Crippen LogP contribution in [-0.2, 0) is 0 Å². The predicted molar refractivity (Wildman–Crippen MR) is 78.2 cm³/mol. The van der Waals surface area contributed by atoms with Gasteiger partial charge in [-0.05, 0) is 32.1 Å². The lowest BCUT2D eigenvalue weighted by Crippen LogP contribution is -2.45. The van der Waals surface area contributed by atoms with Gasteiger partial charge < -0.3 is 15.1 Å². The van der Waals surface area contributed by atoms with Gasteiger partial charge in [0, 0.05) is 37.9 Å². The van der Waals surface area contributed by atoms with Crippen LogP contribution in [0.25, 0.3) is 0 Å². The van der Waals surface area contributed by atoms with Crippen LogP contribution in [0.15, 0.2) is 24.3 Å². The molecule has 100 valence electrons. The molecule has 1 aromatic rings. The van der Waals surface area contributed by atoms with E-state index in [0.29, 0.717) is 6.04 Å². The number of hydrogen-bond acceptors (Lipinski definition) is 3. The third kappa shape index (κ3) is 3.03. The molecule has 0 bridgehead atoms. The molecule has 1 unspecified atom stereocenters. The zero-order valence-electron chi connectivity index (χ0n) is 11.8. The summed E-state index contributed by atoms with van der Waals surface area (Å²) in [6.07, 6.45) is 0. The molecule has 1 saturated heterocycles. The summed E-state index contributed by atoms with van der Waals surface area (Å²) in [7, 11) is 2.20. The third-order valence-electron chi connectivity index (χ3n) is 3.76. The number of piperazine rings is 1. The lowest BCUT2D eigenvalue weighted by Gasteiger charge is -2.36. The molecule has 1 N–H and O–H groups in total. The summed E-state index contributed by atoms with van der Waals surface area (Å²) in [5.74, 6) is 0. The fourth-order valence-electron chi connectivity index (χ4n) is 2.61. The highest BCUT2D eigenvalue weighted by Gasteiger charge is 2.18. The molecule has 0 saturated carbocycles. The van der Waals surface area contributed by atoms with Crippen molar-refractivity contribution >= 4 is 5.69 Å². The highest BCUT2D eigenvalue weighted by atomic mass is 15.2. The van der Waals surface area contributed by atoms with Crippen molar-refractivity contribution in [1.82, 2.24) is 10.2 Å². The van der Waals surface area contributed by atoms with E-state index in [1.807, 2.05) is 0 Å². The summed E-state index contributed by atoms with van der Waals surface area (Å²) in [5.41, 5.74) is 2.82. The second-order valence-corrected chi connectivity index (χ2v) is 5.13. The van der Waals surface area contributed by atoms with Gasteiger partial charge in [0.15, 0.2) is 0 Å². The van der Waals surface area contributed by atoms with Crippen molar-refractivity contribution in [1.29, 1.82) is 0 Å². The lowest BCUT2D eigenvalue weighted by molar-refractivity contribution is 0.312. The van der Waals surface area contributed by atoms with Crippen LogP contribution in [-0.4, -0.2) is 44.7 Å². The molecule has 1 fully saturated rings. The quantitative estimate of drug-likeness (QED) is 0.879. The van der Waals surface area contributed by atoms with Crippen LogP contribution in [0.2, 0.25) is 0 Å². The molecule has 0 spiro atoms. The highest BCUT2D eigenvalue weighted by Crippen LogP contribution is 2.26. The topological polar surface area (TPSA) is 18.5 Å². The summed E-state index contributed by atoms with van der Waals surface area (Å²) >= 11 is 0. The van der Waals surface area contributed by atoms with Crippen LogP contribution < -0.4 is 10.2 Å². The van der Waals surface area contributed by atoms with E-state index in [9.17, 15) is 0 Å². The number of para-hydroxylation sites is 1. The number of nitrogens with zero attached hydrogens (tertiary/aromatic N) is 2. The molecular weight excluding hydrogens is 222 g/mol. The maximum Gasteiger partial charge on any atom is 0.0415 e. The number of hydrogen-bond donors (Lipinski definition) is 1. The first-order chi connectivity index (χ1) is 8.72. The molecule has 3 nitrogen and oxygen atoms in total. The molecular formula is C15H25N3. The van der Waals surface area contributed by atoms with Gasteiger partial charge >= 0.3 is 0 Å². The zero-order valence-corrected chi connectivity index (χ0v) is 11.8. The van der Waals surface area contributed by atoms with Crippen molar-refractivity contribution in [2.24, 2.45) is 0 Å². The minimum atomic E-state index is 0.422. The minimum Gasteiger partial charge on any atom is -0.369 e. The van der Waals surface area contributed by atoms with Crippen LogP contribution in [0, 0.1) is 0 Å². The molecule has 3 heteroatoms. The van der Waals surface area contributed by atoms with Gasteiger partial charge in [-0.2, -0.15) is 0 Å². The van der Waals surface area contributed by atoms with Crippen LogP contribution in [0.1, 0.15) is 25.5 Å². The molecule has 0 aromatic heterocycles. The van der Waals surface area contributed by atoms with Crippen molar-refractivity contribution in [3.63, 3.8) is 0 Å². The van der Waals surface area contributed by atoms with Crippen LogP contribution in [0.4, 0.5) is 5.69 Å². The van der Waals surface area contributed by atoms with E-state index in [1.54, 1.807) is 0 Å². The Bertz CT molecular complexity index is 370. The van der Waals surface area contributed by atoms with Gasteiger partial charge in [0.2, 0.25) is 0 Å². The number of nitrogens with one attached hydrogen (secondary N) is 1. The number of anilines is 1. The molecule has 2 rings (SSSR count). The minimum absolute atomic E-state index is 0.422. The van der Waals surface area contributed by atoms with E-state index in [4.69, 9.17) is 0 Å². The summed E-state index contributed by atoms with van der Waals surface area (Å²) in [5, 5.41) is 3.51. The first-order valence-electron chi connectivity index (χ1n) is 6.98. The van der Waals surface area contributed by atoms with Gasteiger partial charge in [-0.25, -0.2) is 0 Å². The van der Waals surface area contributed by atoms with Crippen molar-refractivity contribution in [2.75, 3.05) is 44.7 Å². The first kappa shape index (κ1) is 13.4. The third-order valence-corrected chi connectivity index (χ3v) is 3.76. The molecule has 1 aromatic carbocycles. The molecule has 1 aliphatic rings. The predicted octanol–water partition coefficient (Wildman–Crippen LogP) is 2.11. The standard InChI is InChI=1S/C15H25N3/c1-4-16-13(2)14-7-5-6-8-15(14)18-11-9-17(3)10-12-18/h5-8,13,16H,4,9-12H2,1-3H3. The van der Waals surface area contributed by atoms with Gasteiger partial charge in [0.05, 0.1) is 0 Å². The van der Waals surface area contributed by atoms with Crippen molar-refractivity contribution in [3.05, 3.63) is 29.8 Å². The van der Waals surface area contributed by atoms with Gasteiger partial charge in [0.25, 0.3) is 0 Å². The van der Waals surface area contributed by atoms with Crippen LogP contribution >= 0.6 is 0 Å². The number of rotatable bonds is 4. The number of likely N-dealkylation sites (N-methyl/N-ethyl adjacent to an activating group) is 1. The first-order valence-corrected chi connectivity index (χ1v) is 6.98. The molecule has 18 heavy (non-hydrogen) atoms. The second-order valence-electron chi connectivity index (χ2n) is 5.13.